The third-order valence-electron chi connectivity index (χ3n) is 5.49. The van der Waals surface area contributed by atoms with Gasteiger partial charge in [0, 0.05) is 5.41 Å². The molecule has 0 aliphatic carbocycles. The van der Waals surface area contributed by atoms with Gasteiger partial charge in [-0.3, -0.25) is 0 Å². The summed E-state index contributed by atoms with van der Waals surface area (Å²) < 4.78 is 0. The van der Waals surface area contributed by atoms with E-state index in [0.29, 0.717) is 0 Å². The fraction of sp³-hybridized carbons (Fsp3) is 0.250. The van der Waals surface area contributed by atoms with E-state index in [4.69, 9.17) is 0 Å². The fourth-order valence-electron chi connectivity index (χ4n) is 3.72. The van der Waals surface area contributed by atoms with Gasteiger partial charge in [0.15, 0.2) is 0 Å². The van der Waals surface area contributed by atoms with Gasteiger partial charge in [-0.25, -0.2) is 0 Å². The van der Waals surface area contributed by atoms with E-state index in [1.165, 1.54) is 16.7 Å². The van der Waals surface area contributed by atoms with Crippen LogP contribution in [0.25, 0.3) is 0 Å². The van der Waals surface area contributed by atoms with E-state index < -0.39 is 0 Å². The molecule has 0 fully saturated rings. The van der Waals surface area contributed by atoms with Crippen LogP contribution >= 0.6 is 0 Å². The van der Waals surface area contributed by atoms with Crippen molar-refractivity contribution < 1.29 is 0 Å². The summed E-state index contributed by atoms with van der Waals surface area (Å²) in [5, 5.41) is 0. The second-order valence-corrected chi connectivity index (χ2v) is 7.33. The average Bonchev–Trinajstić information content (AvgIpc) is 2.63. The zero-order chi connectivity index (χ0) is 17.0. The molecule has 0 atom stereocenters. The van der Waals surface area contributed by atoms with E-state index >= 15 is 0 Å². The molecule has 0 N–H and O–H groups in total. The first kappa shape index (κ1) is 16.5. The third-order valence-corrected chi connectivity index (χ3v) is 5.49. The van der Waals surface area contributed by atoms with Crippen molar-refractivity contribution in [2.75, 3.05) is 0 Å². The quantitative estimate of drug-likeness (QED) is 0.537. The molecule has 3 aromatic carbocycles. The maximum absolute atomic E-state index is 3.12. The Morgan fingerprint density at radius 2 is 1.12 bits per heavy atom. The van der Waals surface area contributed by atoms with Crippen LogP contribution in [-0.4, -0.2) is 0 Å². The minimum atomic E-state index is -0.0743. The van der Waals surface area contributed by atoms with Crippen LogP contribution in [0, 0.1) is 11.5 Å². The number of hydrogen-bond donors (Lipinski definition) is 0. The van der Waals surface area contributed by atoms with E-state index in [2.05, 4.69) is 99.6 Å². The minimum Gasteiger partial charge on any atom is -0.0622 e. The molecule has 0 bridgehead atoms. The first-order valence-corrected chi connectivity index (χ1v) is 8.60. The molecule has 3 aromatic rings. The Bertz CT molecular complexity index is 715. The molecule has 1 radical (unpaired) electrons. The van der Waals surface area contributed by atoms with Gasteiger partial charge in [-0.1, -0.05) is 106 Å². The highest BCUT2D eigenvalue weighted by atomic mass is 14.5. The molecule has 24 heavy (non-hydrogen) atoms. The van der Waals surface area contributed by atoms with Crippen LogP contribution < -0.4 is 0 Å². The molecule has 0 saturated carbocycles. The van der Waals surface area contributed by atoms with Crippen LogP contribution in [0.1, 0.15) is 37.5 Å². The molecule has 0 spiro atoms. The molecule has 121 valence electrons. The lowest BCUT2D eigenvalue weighted by Crippen LogP contribution is -2.42. The Balaban J connectivity index is 2.11. The molecule has 0 nitrogen and oxygen atoms in total. The Labute approximate surface area is 146 Å². The van der Waals surface area contributed by atoms with Crippen LogP contribution in [0.15, 0.2) is 84.9 Å². The van der Waals surface area contributed by atoms with E-state index in [1.807, 2.05) is 12.1 Å². The lowest BCUT2D eigenvalue weighted by atomic mass is 9.57. The molecular formula is C24H25. The van der Waals surface area contributed by atoms with Crippen LogP contribution in [0.5, 0.6) is 0 Å². The van der Waals surface area contributed by atoms with Gasteiger partial charge < -0.3 is 0 Å². The van der Waals surface area contributed by atoms with Crippen LogP contribution in [0.3, 0.4) is 0 Å². The largest absolute Gasteiger partial charge is 0.0622 e. The van der Waals surface area contributed by atoms with Crippen LogP contribution in [0.2, 0.25) is 0 Å². The Morgan fingerprint density at radius 3 is 1.58 bits per heavy atom. The van der Waals surface area contributed by atoms with Crippen molar-refractivity contribution in [1.29, 1.82) is 0 Å². The van der Waals surface area contributed by atoms with Gasteiger partial charge in [-0.2, -0.15) is 0 Å². The van der Waals surface area contributed by atoms with Crippen molar-refractivity contribution in [2.24, 2.45) is 5.41 Å². The van der Waals surface area contributed by atoms with Gasteiger partial charge in [0.1, 0.15) is 0 Å². The average molecular weight is 313 g/mol. The van der Waals surface area contributed by atoms with Crippen LogP contribution in [-0.2, 0) is 11.8 Å². The third kappa shape index (κ3) is 3.01. The van der Waals surface area contributed by atoms with Crippen molar-refractivity contribution >= 4 is 0 Å². The van der Waals surface area contributed by atoms with Crippen molar-refractivity contribution in [3.63, 3.8) is 0 Å². The van der Waals surface area contributed by atoms with E-state index in [0.717, 1.165) is 6.42 Å². The summed E-state index contributed by atoms with van der Waals surface area (Å²) in [5.74, 6) is 0. The standard InChI is InChI=1S/C24H25/c1-23(2,19-20-13-7-4-8-14-20)24(3,21-15-9-5-10-16-21)22-17-11-6-12-18-22/h5-18H,19H2,1-3H3. The number of hydrogen-bond acceptors (Lipinski definition) is 0. The lowest BCUT2D eigenvalue weighted by Gasteiger charge is -2.46. The van der Waals surface area contributed by atoms with Crippen LogP contribution in [0.4, 0.5) is 0 Å². The predicted octanol–water partition coefficient (Wildman–Crippen LogP) is 6.06. The summed E-state index contributed by atoms with van der Waals surface area (Å²) in [7, 11) is 0. The highest BCUT2D eigenvalue weighted by molar-refractivity contribution is 5.41. The molecule has 0 saturated heterocycles. The zero-order valence-corrected chi connectivity index (χ0v) is 14.8. The highest BCUT2D eigenvalue weighted by Crippen LogP contribution is 2.48. The molecule has 0 unspecified atom stereocenters. The number of benzene rings is 3. The van der Waals surface area contributed by atoms with Crippen molar-refractivity contribution in [1.82, 2.24) is 0 Å². The Kier molecular flexibility index (Phi) is 4.57. The summed E-state index contributed by atoms with van der Waals surface area (Å²) in [6.07, 6.45) is 1.02. The molecular weight excluding hydrogens is 288 g/mol. The smallest absolute Gasteiger partial charge is 0.0228 e. The summed E-state index contributed by atoms with van der Waals surface area (Å²) in [6.45, 7) is 7.14. The molecule has 0 aliphatic rings. The van der Waals surface area contributed by atoms with E-state index in [-0.39, 0.29) is 10.8 Å². The molecule has 3 rings (SSSR count). The SMILES string of the molecule is CC(C)(Cc1cc[c]cc1)C(C)(c1ccccc1)c1ccccc1. The maximum Gasteiger partial charge on any atom is 0.0228 e. The summed E-state index contributed by atoms with van der Waals surface area (Å²) in [4.78, 5) is 0. The Hall–Kier alpha value is -2.34. The first-order valence-electron chi connectivity index (χ1n) is 8.60. The summed E-state index contributed by atoms with van der Waals surface area (Å²) >= 11 is 0. The van der Waals surface area contributed by atoms with Gasteiger partial charge >= 0.3 is 0 Å². The lowest BCUT2D eigenvalue weighted by molar-refractivity contribution is 0.217. The van der Waals surface area contributed by atoms with Crippen molar-refractivity contribution in [2.45, 2.75) is 32.6 Å². The maximum atomic E-state index is 3.12. The Morgan fingerprint density at radius 1 is 0.667 bits per heavy atom. The fourth-order valence-corrected chi connectivity index (χ4v) is 3.72. The molecule has 0 aliphatic heterocycles. The van der Waals surface area contributed by atoms with Gasteiger partial charge in [-0.05, 0) is 34.6 Å². The van der Waals surface area contributed by atoms with Crippen molar-refractivity contribution in [3.05, 3.63) is 108 Å². The molecule has 0 amide bonds. The monoisotopic (exact) mass is 313 g/mol. The second-order valence-electron chi connectivity index (χ2n) is 7.33. The first-order chi connectivity index (χ1) is 11.5. The second kappa shape index (κ2) is 6.65. The topological polar surface area (TPSA) is 0 Å². The molecule has 0 heteroatoms. The predicted molar refractivity (Wildman–Crippen MR) is 102 cm³/mol. The van der Waals surface area contributed by atoms with Gasteiger partial charge in [-0.15, -0.1) is 0 Å². The van der Waals surface area contributed by atoms with E-state index in [1.54, 1.807) is 0 Å². The molecule has 0 aromatic heterocycles. The van der Waals surface area contributed by atoms with Gasteiger partial charge in [0.05, 0.1) is 0 Å². The highest BCUT2D eigenvalue weighted by Gasteiger charge is 2.43. The van der Waals surface area contributed by atoms with Gasteiger partial charge in [0.25, 0.3) is 0 Å². The zero-order valence-electron chi connectivity index (χ0n) is 14.8. The molecule has 0 heterocycles. The normalized spacial score (nSPS) is 12.1. The minimum absolute atomic E-state index is 0.0526. The number of rotatable bonds is 5. The van der Waals surface area contributed by atoms with E-state index in [9.17, 15) is 0 Å². The van der Waals surface area contributed by atoms with Gasteiger partial charge in [0.2, 0.25) is 0 Å². The summed E-state index contributed by atoms with van der Waals surface area (Å²) in [5.41, 5.74) is 4.07. The van der Waals surface area contributed by atoms with Crippen molar-refractivity contribution in [3.8, 4) is 0 Å². The summed E-state index contributed by atoms with van der Waals surface area (Å²) in [6, 6.07) is 33.3.